The Morgan fingerprint density at radius 3 is 2.52 bits per heavy atom. The minimum atomic E-state index is -0.418. The van der Waals surface area contributed by atoms with Gasteiger partial charge in [0.05, 0.1) is 6.54 Å². The van der Waals surface area contributed by atoms with Crippen molar-refractivity contribution < 1.29 is 19.6 Å². The van der Waals surface area contributed by atoms with Crippen molar-refractivity contribution in [1.29, 1.82) is 0 Å². The Hall–Kier alpha value is -0.810. The van der Waals surface area contributed by atoms with Crippen molar-refractivity contribution >= 4 is 11.6 Å². The SMILES string of the molecule is CC[NH+]1CC[NH+](CC(O)COc2ccc(Cl)cc2C)CC1. The third-order valence-corrected chi connectivity index (χ3v) is 4.49. The highest BCUT2D eigenvalue weighted by atomic mass is 35.5. The van der Waals surface area contributed by atoms with Crippen LogP contribution in [0.4, 0.5) is 0 Å². The van der Waals surface area contributed by atoms with Crippen LogP contribution in [-0.4, -0.2) is 57.1 Å². The second-order valence-electron chi connectivity index (χ2n) is 5.93. The van der Waals surface area contributed by atoms with Crippen molar-refractivity contribution in [2.45, 2.75) is 20.0 Å². The van der Waals surface area contributed by atoms with Crippen molar-refractivity contribution in [2.24, 2.45) is 0 Å². The number of likely N-dealkylation sites (N-methyl/N-ethyl adjacent to an activating group) is 1. The van der Waals surface area contributed by atoms with Crippen LogP contribution >= 0.6 is 11.6 Å². The molecule has 1 atom stereocenters. The highest BCUT2D eigenvalue weighted by Crippen LogP contribution is 2.21. The summed E-state index contributed by atoms with van der Waals surface area (Å²) in [6.07, 6.45) is -0.418. The Balaban J connectivity index is 1.73. The molecule has 4 nitrogen and oxygen atoms in total. The number of nitrogens with one attached hydrogen (secondary N) is 2. The molecule has 1 heterocycles. The molecule has 1 saturated heterocycles. The number of hydrogen-bond donors (Lipinski definition) is 3. The van der Waals surface area contributed by atoms with Crippen LogP contribution in [0.25, 0.3) is 0 Å². The molecule has 1 aromatic rings. The number of ether oxygens (including phenoxy) is 1. The first-order chi connectivity index (χ1) is 10.1. The lowest BCUT2D eigenvalue weighted by atomic mass is 10.2. The average molecular weight is 315 g/mol. The number of aliphatic hydroxyl groups excluding tert-OH is 1. The Morgan fingerprint density at radius 2 is 1.90 bits per heavy atom. The van der Waals surface area contributed by atoms with E-state index in [0.29, 0.717) is 11.6 Å². The summed E-state index contributed by atoms with van der Waals surface area (Å²) < 4.78 is 5.71. The summed E-state index contributed by atoms with van der Waals surface area (Å²) >= 11 is 5.92. The van der Waals surface area contributed by atoms with Gasteiger partial charge in [-0.2, -0.15) is 0 Å². The van der Waals surface area contributed by atoms with Crippen molar-refractivity contribution in [3.05, 3.63) is 28.8 Å². The van der Waals surface area contributed by atoms with Crippen LogP contribution in [0.15, 0.2) is 18.2 Å². The molecule has 1 aromatic carbocycles. The van der Waals surface area contributed by atoms with Crippen molar-refractivity contribution in [1.82, 2.24) is 0 Å². The van der Waals surface area contributed by atoms with E-state index in [1.807, 2.05) is 25.1 Å². The zero-order chi connectivity index (χ0) is 15.2. The van der Waals surface area contributed by atoms with Crippen LogP contribution in [0.3, 0.4) is 0 Å². The first-order valence-corrected chi connectivity index (χ1v) is 8.20. The molecule has 0 aliphatic carbocycles. The molecular weight excluding hydrogens is 288 g/mol. The van der Waals surface area contributed by atoms with Gasteiger partial charge in [-0.05, 0) is 37.6 Å². The molecule has 0 amide bonds. The van der Waals surface area contributed by atoms with E-state index < -0.39 is 6.10 Å². The third-order valence-electron chi connectivity index (χ3n) is 4.26. The number of hydrogen-bond acceptors (Lipinski definition) is 2. The zero-order valence-electron chi connectivity index (χ0n) is 13.0. The predicted molar refractivity (Wildman–Crippen MR) is 84.5 cm³/mol. The lowest BCUT2D eigenvalue weighted by Gasteiger charge is -2.30. The summed E-state index contributed by atoms with van der Waals surface area (Å²) in [6.45, 7) is 11.2. The second kappa shape index (κ2) is 7.99. The Labute approximate surface area is 132 Å². The van der Waals surface area contributed by atoms with Crippen LogP contribution in [0.1, 0.15) is 12.5 Å². The Morgan fingerprint density at radius 1 is 1.24 bits per heavy atom. The Kier molecular flexibility index (Phi) is 6.30. The minimum absolute atomic E-state index is 0.344. The van der Waals surface area contributed by atoms with Gasteiger partial charge in [-0.25, -0.2) is 0 Å². The smallest absolute Gasteiger partial charge is 0.137 e. The number of piperazine rings is 1. The molecule has 1 aliphatic heterocycles. The molecule has 1 aliphatic rings. The average Bonchev–Trinajstić information content (AvgIpc) is 2.47. The van der Waals surface area contributed by atoms with Gasteiger partial charge in [0.25, 0.3) is 0 Å². The van der Waals surface area contributed by atoms with Gasteiger partial charge in [-0.1, -0.05) is 11.6 Å². The number of aryl methyl sites for hydroxylation is 1. The maximum absolute atomic E-state index is 10.2. The van der Waals surface area contributed by atoms with E-state index in [-0.39, 0.29) is 0 Å². The summed E-state index contributed by atoms with van der Waals surface area (Å²) in [5.41, 5.74) is 1.00. The molecule has 3 N–H and O–H groups in total. The fraction of sp³-hybridized carbons (Fsp3) is 0.625. The quantitative estimate of drug-likeness (QED) is 0.643. The summed E-state index contributed by atoms with van der Waals surface area (Å²) in [4.78, 5) is 3.15. The van der Waals surface area contributed by atoms with E-state index >= 15 is 0 Å². The van der Waals surface area contributed by atoms with Crippen LogP contribution in [0, 0.1) is 6.92 Å². The number of aliphatic hydroxyl groups is 1. The molecular formula is C16H27ClN2O2+2. The molecule has 1 fully saturated rings. The second-order valence-corrected chi connectivity index (χ2v) is 6.37. The molecule has 2 rings (SSSR count). The summed E-state index contributed by atoms with van der Waals surface area (Å²) in [5.74, 6) is 0.800. The molecule has 0 spiro atoms. The standard InChI is InChI=1S/C16H25ClN2O2/c1-3-18-6-8-19(9-7-18)11-15(20)12-21-16-5-4-14(17)10-13(16)2/h4-5,10,15,20H,3,6-9,11-12H2,1-2H3/p+2. The largest absolute Gasteiger partial charge is 0.490 e. The van der Waals surface area contributed by atoms with Crippen molar-refractivity contribution in [2.75, 3.05) is 45.9 Å². The van der Waals surface area contributed by atoms with Crippen LogP contribution in [-0.2, 0) is 0 Å². The van der Waals surface area contributed by atoms with E-state index in [4.69, 9.17) is 16.3 Å². The topological polar surface area (TPSA) is 38.3 Å². The van der Waals surface area contributed by atoms with Gasteiger partial charge in [0.2, 0.25) is 0 Å². The lowest BCUT2D eigenvalue weighted by molar-refractivity contribution is -1.01. The maximum atomic E-state index is 10.2. The Bertz CT molecular complexity index is 448. The van der Waals surface area contributed by atoms with Crippen LogP contribution < -0.4 is 14.5 Å². The zero-order valence-corrected chi connectivity index (χ0v) is 13.7. The van der Waals surface area contributed by atoms with Gasteiger partial charge >= 0.3 is 0 Å². The highest BCUT2D eigenvalue weighted by molar-refractivity contribution is 6.30. The summed E-state index contributed by atoms with van der Waals surface area (Å²) in [6, 6.07) is 5.55. The fourth-order valence-corrected chi connectivity index (χ4v) is 3.09. The van der Waals surface area contributed by atoms with Gasteiger partial charge < -0.3 is 19.6 Å². The van der Waals surface area contributed by atoms with E-state index in [1.165, 1.54) is 24.5 Å². The predicted octanol–water partition coefficient (Wildman–Crippen LogP) is -0.809. The molecule has 0 radical (unpaired) electrons. The van der Waals surface area contributed by atoms with Gasteiger partial charge in [0.15, 0.2) is 0 Å². The monoisotopic (exact) mass is 314 g/mol. The number of benzene rings is 1. The van der Waals surface area contributed by atoms with Gasteiger partial charge in [0.1, 0.15) is 51.2 Å². The summed E-state index contributed by atoms with van der Waals surface area (Å²) in [5, 5.41) is 10.9. The molecule has 0 bridgehead atoms. The molecule has 0 aromatic heterocycles. The molecule has 0 saturated carbocycles. The molecule has 21 heavy (non-hydrogen) atoms. The third kappa shape index (κ3) is 5.15. The van der Waals surface area contributed by atoms with Gasteiger partial charge in [0, 0.05) is 5.02 Å². The van der Waals surface area contributed by atoms with Crippen molar-refractivity contribution in [3.63, 3.8) is 0 Å². The normalized spacial score (nSPS) is 23.8. The first-order valence-electron chi connectivity index (χ1n) is 7.82. The van der Waals surface area contributed by atoms with Crippen LogP contribution in [0.2, 0.25) is 5.02 Å². The minimum Gasteiger partial charge on any atom is -0.490 e. The molecule has 118 valence electrons. The number of quaternary nitrogens is 2. The van der Waals surface area contributed by atoms with Crippen molar-refractivity contribution in [3.8, 4) is 5.75 Å². The summed E-state index contributed by atoms with van der Waals surface area (Å²) in [7, 11) is 0. The van der Waals surface area contributed by atoms with E-state index in [9.17, 15) is 5.11 Å². The van der Waals surface area contributed by atoms with Gasteiger partial charge in [-0.3, -0.25) is 0 Å². The van der Waals surface area contributed by atoms with E-state index in [2.05, 4.69) is 6.92 Å². The molecule has 5 heteroatoms. The number of rotatable bonds is 6. The lowest BCUT2D eigenvalue weighted by Crippen LogP contribution is -3.28. The highest BCUT2D eigenvalue weighted by Gasteiger charge is 2.24. The number of halogens is 1. The van der Waals surface area contributed by atoms with E-state index in [1.54, 1.807) is 4.90 Å². The maximum Gasteiger partial charge on any atom is 0.137 e. The molecule has 1 unspecified atom stereocenters. The van der Waals surface area contributed by atoms with Gasteiger partial charge in [-0.15, -0.1) is 0 Å². The van der Waals surface area contributed by atoms with E-state index in [0.717, 1.165) is 30.9 Å². The fourth-order valence-electron chi connectivity index (χ4n) is 2.87. The van der Waals surface area contributed by atoms with Crippen LogP contribution in [0.5, 0.6) is 5.75 Å². The first kappa shape index (κ1) is 16.6.